The summed E-state index contributed by atoms with van der Waals surface area (Å²) in [5.41, 5.74) is 2.55. The van der Waals surface area contributed by atoms with Crippen LogP contribution in [0.3, 0.4) is 0 Å². The molecule has 1 aromatic carbocycles. The molecule has 0 fully saturated rings. The Hall–Kier alpha value is -4.21. The van der Waals surface area contributed by atoms with Gasteiger partial charge in [-0.25, -0.2) is 4.79 Å². The summed E-state index contributed by atoms with van der Waals surface area (Å²) in [5.74, 6) is -0.710. The Labute approximate surface area is 248 Å². The number of rotatable bonds is 11. The highest BCUT2D eigenvalue weighted by atomic mass is 16.6. The third-order valence-corrected chi connectivity index (χ3v) is 6.53. The number of carbonyl (C=O) groups excluding carboxylic acids is 3. The van der Waals surface area contributed by atoms with E-state index >= 15 is 0 Å². The van der Waals surface area contributed by atoms with Crippen LogP contribution in [0.15, 0.2) is 59.5 Å². The first kappa shape index (κ1) is 32.3. The van der Waals surface area contributed by atoms with Crippen LogP contribution in [0, 0.1) is 5.92 Å². The Morgan fingerprint density at radius 2 is 1.81 bits per heavy atom. The highest BCUT2D eigenvalue weighted by Gasteiger charge is 2.37. The predicted octanol–water partition coefficient (Wildman–Crippen LogP) is 3.07. The molecule has 1 unspecified atom stereocenters. The number of allylic oxidation sites excluding steroid dienone is 1. The van der Waals surface area contributed by atoms with Crippen molar-refractivity contribution in [2.24, 2.45) is 5.92 Å². The molecule has 12 heteroatoms. The van der Waals surface area contributed by atoms with Gasteiger partial charge in [0, 0.05) is 45.6 Å². The average Bonchev–Trinajstić information content (AvgIpc) is 3.32. The van der Waals surface area contributed by atoms with Crippen molar-refractivity contribution < 1.29 is 19.1 Å². The zero-order valence-electron chi connectivity index (χ0n) is 25.0. The Bertz CT molecular complexity index is 1520. The molecule has 3 aromatic rings. The first-order chi connectivity index (χ1) is 19.7. The molecular weight excluding hydrogens is 532 g/mol. The van der Waals surface area contributed by atoms with Crippen molar-refractivity contribution in [3.05, 3.63) is 76.4 Å². The number of nitrogens with one attached hydrogen (secondary N) is 2. The van der Waals surface area contributed by atoms with Crippen LogP contribution in [0.4, 0.5) is 10.5 Å². The number of aromatic amines is 1. The number of hydrogen-bond donors (Lipinski definition) is 2. The van der Waals surface area contributed by atoms with Gasteiger partial charge < -0.3 is 29.4 Å². The summed E-state index contributed by atoms with van der Waals surface area (Å²) in [7, 11) is 18.5. The molecule has 10 nitrogen and oxygen atoms in total. The Morgan fingerprint density at radius 1 is 1.10 bits per heavy atom. The van der Waals surface area contributed by atoms with Crippen LogP contribution in [0.5, 0.6) is 0 Å². The van der Waals surface area contributed by atoms with Crippen molar-refractivity contribution in [1.29, 1.82) is 0 Å². The lowest BCUT2D eigenvalue weighted by molar-refractivity contribution is -0.125. The second-order valence-electron chi connectivity index (χ2n) is 11.2. The quantitative estimate of drug-likeness (QED) is 0.272. The van der Waals surface area contributed by atoms with E-state index in [0.29, 0.717) is 5.92 Å². The van der Waals surface area contributed by atoms with E-state index < -0.39 is 28.9 Å². The number of carbonyl (C=O) groups is 3. The van der Waals surface area contributed by atoms with Crippen LogP contribution < -0.4 is 10.9 Å². The number of fused-ring (bicyclic) bond motifs is 1. The largest absolute Gasteiger partial charge is 0.437 e. The number of pyridine rings is 1. The van der Waals surface area contributed by atoms with Crippen LogP contribution in [-0.4, -0.2) is 87.2 Å². The molecule has 0 aliphatic heterocycles. The highest BCUT2D eigenvalue weighted by Crippen LogP contribution is 2.31. The number of nitrogens with zero attached hydrogens (tertiary/aromatic N) is 3. The van der Waals surface area contributed by atoms with E-state index in [4.69, 9.17) is 20.4 Å². The van der Waals surface area contributed by atoms with Gasteiger partial charge in [0.05, 0.1) is 22.2 Å². The van der Waals surface area contributed by atoms with Gasteiger partial charge in [-0.2, -0.15) is 0 Å². The SMILES string of the molecule is [B]C([B])(C/C=C/C(=O)N(C)C)C(OC(=O)N(C)C)C(=O)Nc1cccn(Cc2cc3cccc(CC(C)C)c3[nH]2)c1=O. The van der Waals surface area contributed by atoms with Crippen LogP contribution in [-0.2, 0) is 27.3 Å². The molecule has 0 aliphatic rings. The van der Waals surface area contributed by atoms with Crippen molar-refractivity contribution in [2.75, 3.05) is 33.5 Å². The first-order valence-corrected chi connectivity index (χ1v) is 13.6. The molecule has 0 spiro atoms. The monoisotopic (exact) mass is 569 g/mol. The summed E-state index contributed by atoms with van der Waals surface area (Å²) in [5, 5.41) is 1.68. The molecule has 0 bridgehead atoms. The van der Waals surface area contributed by atoms with E-state index in [9.17, 15) is 19.2 Å². The number of likely N-dealkylation sites (N-methyl/N-ethyl adjacent to an activating group) is 1. The van der Waals surface area contributed by atoms with Gasteiger partial charge in [0.1, 0.15) is 5.69 Å². The molecule has 1 atom stereocenters. The van der Waals surface area contributed by atoms with E-state index in [-0.39, 0.29) is 24.6 Å². The summed E-state index contributed by atoms with van der Waals surface area (Å²) < 4.78 is 6.79. The minimum Gasteiger partial charge on any atom is -0.437 e. The lowest BCUT2D eigenvalue weighted by atomic mass is 9.49. The minimum atomic E-state index is -1.90. The van der Waals surface area contributed by atoms with Crippen molar-refractivity contribution in [2.45, 2.75) is 44.6 Å². The lowest BCUT2D eigenvalue weighted by Crippen LogP contribution is -2.45. The van der Waals surface area contributed by atoms with E-state index in [2.05, 4.69) is 30.2 Å². The third kappa shape index (κ3) is 8.18. The van der Waals surface area contributed by atoms with Crippen molar-refractivity contribution in [1.82, 2.24) is 19.4 Å². The fourth-order valence-corrected chi connectivity index (χ4v) is 4.34. The number of amides is 3. The van der Waals surface area contributed by atoms with Crippen LogP contribution in [0.25, 0.3) is 10.9 Å². The van der Waals surface area contributed by atoms with Gasteiger partial charge in [0.2, 0.25) is 5.91 Å². The number of aromatic nitrogens is 2. The predicted molar refractivity (Wildman–Crippen MR) is 166 cm³/mol. The molecule has 3 amide bonds. The molecule has 0 saturated carbocycles. The smallest absolute Gasteiger partial charge is 0.409 e. The molecule has 4 radical (unpaired) electrons. The van der Waals surface area contributed by atoms with E-state index in [1.807, 2.05) is 18.2 Å². The van der Waals surface area contributed by atoms with Crippen LogP contribution in [0.1, 0.15) is 31.5 Å². The second kappa shape index (κ2) is 13.6. The maximum atomic E-state index is 13.4. The van der Waals surface area contributed by atoms with Crippen LogP contribution in [0.2, 0.25) is 5.21 Å². The van der Waals surface area contributed by atoms with Gasteiger partial charge >= 0.3 is 6.09 Å². The fraction of sp³-hybridized carbons (Fsp3) is 0.400. The summed E-state index contributed by atoms with van der Waals surface area (Å²) in [6.45, 7) is 4.56. The number of benzene rings is 1. The summed E-state index contributed by atoms with van der Waals surface area (Å²) in [6.07, 6.45) is 2.47. The topological polar surface area (TPSA) is 117 Å². The fourth-order valence-electron chi connectivity index (χ4n) is 4.34. The Morgan fingerprint density at radius 3 is 2.45 bits per heavy atom. The molecule has 2 N–H and O–H groups in total. The van der Waals surface area contributed by atoms with Gasteiger partial charge in [-0.15, -0.1) is 0 Å². The highest BCUT2D eigenvalue weighted by molar-refractivity contribution is 6.42. The molecule has 0 aliphatic carbocycles. The van der Waals surface area contributed by atoms with E-state index in [0.717, 1.165) is 27.9 Å². The van der Waals surface area contributed by atoms with Gasteiger partial charge in [-0.05, 0) is 54.0 Å². The minimum absolute atomic E-state index is 0.0425. The molecule has 42 heavy (non-hydrogen) atoms. The maximum Gasteiger partial charge on any atom is 0.409 e. The average molecular weight is 569 g/mol. The number of anilines is 1. The van der Waals surface area contributed by atoms with Crippen molar-refractivity contribution >= 4 is 50.2 Å². The summed E-state index contributed by atoms with van der Waals surface area (Å²) >= 11 is 0. The molecule has 0 saturated heterocycles. The lowest BCUT2D eigenvalue weighted by Gasteiger charge is -2.33. The molecular formula is C30H37B2N5O5. The standard InChI is InChI=1S/C30H37B2N5O5/c1-19(2)16-20-10-7-11-21-17-22(33-25(20)21)18-37-15-9-12-23(28(37)40)34-27(39)26(42-29(41)36(5)6)30(31,32)14-8-13-24(38)35(3)4/h7-13,15,17,19,26,33H,14,16,18H2,1-6H3,(H,34,39)/b13-8+. The number of H-pyrrole nitrogens is 1. The van der Waals surface area contributed by atoms with E-state index in [1.165, 1.54) is 47.3 Å². The summed E-state index contributed by atoms with van der Waals surface area (Å²) in [4.78, 5) is 56.9. The van der Waals surface area contributed by atoms with Crippen molar-refractivity contribution in [3.8, 4) is 0 Å². The van der Waals surface area contributed by atoms with Gasteiger partial charge in [0.15, 0.2) is 6.10 Å². The Kier molecular flexibility index (Phi) is 10.5. The zero-order chi connectivity index (χ0) is 31.2. The molecule has 3 rings (SSSR count). The number of hydrogen-bond acceptors (Lipinski definition) is 5. The molecule has 218 valence electrons. The van der Waals surface area contributed by atoms with E-state index in [1.54, 1.807) is 26.4 Å². The third-order valence-electron chi connectivity index (χ3n) is 6.53. The molecule has 2 aromatic heterocycles. The summed E-state index contributed by atoms with van der Waals surface area (Å²) in [6, 6.07) is 11.2. The normalized spacial score (nSPS) is 12.5. The van der Waals surface area contributed by atoms with Gasteiger partial charge in [0.25, 0.3) is 11.5 Å². The second-order valence-corrected chi connectivity index (χ2v) is 11.2. The molecule has 2 heterocycles. The number of para-hydroxylation sites is 1. The Balaban J connectivity index is 1.85. The van der Waals surface area contributed by atoms with Crippen molar-refractivity contribution in [3.63, 3.8) is 0 Å². The first-order valence-electron chi connectivity index (χ1n) is 13.6. The zero-order valence-corrected chi connectivity index (χ0v) is 25.0. The maximum absolute atomic E-state index is 13.4. The van der Waals surface area contributed by atoms with Gasteiger partial charge in [-0.3, -0.25) is 14.4 Å². The van der Waals surface area contributed by atoms with Crippen LogP contribution >= 0.6 is 0 Å². The number of ether oxygens (including phenoxy) is 1. The van der Waals surface area contributed by atoms with Gasteiger partial charge in [-0.1, -0.05) is 43.3 Å².